The molecule has 0 spiro atoms. The summed E-state index contributed by atoms with van der Waals surface area (Å²) >= 11 is 0. The minimum absolute atomic E-state index is 0.0267. The molecule has 1 fully saturated rings. The number of nitrogens with one attached hydrogen (secondary N) is 1. The molecule has 2 rings (SSSR count). The molecule has 4 N–H and O–H groups in total. The standard InChI is InChI=1S/C12H18N4O4/c13-12(18)8-5-14-6-11(15-8)16-9-7-19-3-1-10(9)20-4-2-17/h5-6,9-10,17H,1-4,7H2,(H2,13,18)(H,15,16)/t9-,10+/m1/s1. The van der Waals surface area contributed by atoms with Crippen LogP contribution >= 0.6 is 0 Å². The van der Waals surface area contributed by atoms with E-state index in [9.17, 15) is 4.79 Å². The van der Waals surface area contributed by atoms with E-state index in [1.54, 1.807) is 0 Å². The molecule has 0 aliphatic carbocycles. The van der Waals surface area contributed by atoms with Crippen molar-refractivity contribution >= 4 is 11.7 Å². The van der Waals surface area contributed by atoms with Crippen LogP contribution in [-0.4, -0.2) is 59.6 Å². The van der Waals surface area contributed by atoms with Crippen LogP contribution in [0.3, 0.4) is 0 Å². The number of nitrogens with two attached hydrogens (primary N) is 1. The van der Waals surface area contributed by atoms with Crippen molar-refractivity contribution in [2.45, 2.75) is 18.6 Å². The third-order valence-electron chi connectivity index (χ3n) is 2.94. The van der Waals surface area contributed by atoms with E-state index in [0.29, 0.717) is 19.0 Å². The number of ether oxygens (including phenoxy) is 2. The van der Waals surface area contributed by atoms with Gasteiger partial charge in [0.25, 0.3) is 5.91 Å². The number of hydrogen-bond donors (Lipinski definition) is 3. The van der Waals surface area contributed by atoms with Crippen molar-refractivity contribution in [3.63, 3.8) is 0 Å². The number of hydrogen-bond acceptors (Lipinski definition) is 7. The summed E-state index contributed by atoms with van der Waals surface area (Å²) in [4.78, 5) is 19.0. The summed E-state index contributed by atoms with van der Waals surface area (Å²) in [6.45, 7) is 1.32. The number of rotatable bonds is 6. The molecule has 2 atom stereocenters. The summed E-state index contributed by atoms with van der Waals surface area (Å²) in [7, 11) is 0. The number of carbonyl (C=O) groups is 1. The Bertz CT molecular complexity index is 457. The average Bonchev–Trinajstić information content (AvgIpc) is 2.46. The van der Waals surface area contributed by atoms with Gasteiger partial charge in [0, 0.05) is 6.61 Å². The van der Waals surface area contributed by atoms with Gasteiger partial charge >= 0.3 is 0 Å². The van der Waals surface area contributed by atoms with E-state index >= 15 is 0 Å². The third-order valence-corrected chi connectivity index (χ3v) is 2.94. The highest BCUT2D eigenvalue weighted by atomic mass is 16.5. The predicted molar refractivity (Wildman–Crippen MR) is 70.2 cm³/mol. The van der Waals surface area contributed by atoms with Gasteiger partial charge in [0.05, 0.1) is 44.4 Å². The lowest BCUT2D eigenvalue weighted by atomic mass is 10.1. The Morgan fingerprint density at radius 3 is 3.20 bits per heavy atom. The molecule has 0 radical (unpaired) electrons. The molecule has 1 aliphatic heterocycles. The van der Waals surface area contributed by atoms with Crippen molar-refractivity contribution in [2.75, 3.05) is 31.7 Å². The van der Waals surface area contributed by atoms with Gasteiger partial charge in [-0.15, -0.1) is 0 Å². The van der Waals surface area contributed by atoms with E-state index in [-0.39, 0.29) is 31.1 Å². The van der Waals surface area contributed by atoms with E-state index in [1.807, 2.05) is 0 Å². The van der Waals surface area contributed by atoms with Crippen LogP contribution < -0.4 is 11.1 Å². The highest BCUT2D eigenvalue weighted by Crippen LogP contribution is 2.16. The molecule has 0 aromatic carbocycles. The Kier molecular flexibility index (Phi) is 5.22. The molecule has 8 nitrogen and oxygen atoms in total. The quantitative estimate of drug-likeness (QED) is 0.622. The van der Waals surface area contributed by atoms with E-state index < -0.39 is 5.91 Å². The lowest BCUT2D eigenvalue weighted by molar-refractivity contribution is -0.0492. The second kappa shape index (κ2) is 7.13. The molecule has 110 valence electrons. The van der Waals surface area contributed by atoms with Crippen molar-refractivity contribution in [3.05, 3.63) is 18.1 Å². The first-order valence-corrected chi connectivity index (χ1v) is 6.39. The van der Waals surface area contributed by atoms with Crippen molar-refractivity contribution in [2.24, 2.45) is 5.73 Å². The van der Waals surface area contributed by atoms with E-state index in [0.717, 1.165) is 6.42 Å². The van der Waals surface area contributed by atoms with Crippen LogP contribution in [-0.2, 0) is 9.47 Å². The maximum absolute atomic E-state index is 11.1. The van der Waals surface area contributed by atoms with Crippen molar-refractivity contribution < 1.29 is 19.4 Å². The Balaban J connectivity index is 2.02. The molecule has 1 amide bonds. The maximum Gasteiger partial charge on any atom is 0.268 e. The summed E-state index contributed by atoms with van der Waals surface area (Å²) in [5.74, 6) is -0.191. The Hall–Kier alpha value is -1.77. The summed E-state index contributed by atoms with van der Waals surface area (Å²) in [5, 5.41) is 11.9. The molecule has 2 heterocycles. The van der Waals surface area contributed by atoms with Gasteiger partial charge < -0.3 is 25.6 Å². The fourth-order valence-corrected chi connectivity index (χ4v) is 2.00. The Morgan fingerprint density at radius 1 is 1.60 bits per heavy atom. The zero-order valence-corrected chi connectivity index (χ0v) is 11.0. The number of aliphatic hydroxyl groups excluding tert-OH is 1. The highest BCUT2D eigenvalue weighted by Gasteiger charge is 2.26. The minimum atomic E-state index is -0.630. The Labute approximate surface area is 116 Å². The molecule has 20 heavy (non-hydrogen) atoms. The van der Waals surface area contributed by atoms with Gasteiger partial charge in [0.1, 0.15) is 11.5 Å². The number of nitrogens with zero attached hydrogens (tertiary/aromatic N) is 2. The van der Waals surface area contributed by atoms with Gasteiger partial charge in [-0.3, -0.25) is 9.78 Å². The first-order chi connectivity index (χ1) is 9.70. The molecule has 8 heteroatoms. The first-order valence-electron chi connectivity index (χ1n) is 6.39. The largest absolute Gasteiger partial charge is 0.394 e. The number of anilines is 1. The lowest BCUT2D eigenvalue weighted by Crippen LogP contribution is -2.44. The molecule has 1 saturated heterocycles. The second-order valence-corrected chi connectivity index (χ2v) is 4.40. The fraction of sp³-hybridized carbons (Fsp3) is 0.583. The van der Waals surface area contributed by atoms with Crippen LogP contribution in [0, 0.1) is 0 Å². The average molecular weight is 282 g/mol. The smallest absolute Gasteiger partial charge is 0.268 e. The van der Waals surface area contributed by atoms with Crippen LogP contribution in [0.15, 0.2) is 12.4 Å². The third kappa shape index (κ3) is 3.86. The number of carbonyl (C=O) groups excluding carboxylic acids is 1. The SMILES string of the molecule is NC(=O)c1cncc(N[C@@H]2COCC[C@@H]2OCCO)n1. The summed E-state index contributed by atoms with van der Waals surface area (Å²) in [6, 6.07) is -0.118. The van der Waals surface area contributed by atoms with Crippen molar-refractivity contribution in [1.29, 1.82) is 0 Å². The summed E-state index contributed by atoms with van der Waals surface area (Å²) in [6.07, 6.45) is 3.45. The van der Waals surface area contributed by atoms with E-state index in [2.05, 4.69) is 15.3 Å². The van der Waals surface area contributed by atoms with Gasteiger partial charge in [-0.2, -0.15) is 0 Å². The summed E-state index contributed by atoms with van der Waals surface area (Å²) in [5.41, 5.74) is 5.26. The molecule has 1 aromatic heterocycles. The van der Waals surface area contributed by atoms with Crippen LogP contribution in [0.4, 0.5) is 5.82 Å². The first kappa shape index (κ1) is 14.6. The zero-order chi connectivity index (χ0) is 14.4. The number of aliphatic hydroxyl groups is 1. The van der Waals surface area contributed by atoms with Crippen LogP contribution in [0.1, 0.15) is 16.9 Å². The topological polar surface area (TPSA) is 120 Å². The monoisotopic (exact) mass is 282 g/mol. The van der Waals surface area contributed by atoms with Crippen molar-refractivity contribution in [3.8, 4) is 0 Å². The van der Waals surface area contributed by atoms with Crippen molar-refractivity contribution in [1.82, 2.24) is 9.97 Å². The Morgan fingerprint density at radius 2 is 2.45 bits per heavy atom. The van der Waals surface area contributed by atoms with E-state index in [1.165, 1.54) is 12.4 Å². The minimum Gasteiger partial charge on any atom is -0.394 e. The molecule has 1 aromatic rings. The number of aromatic nitrogens is 2. The zero-order valence-electron chi connectivity index (χ0n) is 11.0. The molecule has 0 bridgehead atoms. The molecule has 0 unspecified atom stereocenters. The predicted octanol–water partition coefficient (Wildman–Crippen LogP) is -0.846. The summed E-state index contributed by atoms with van der Waals surface area (Å²) < 4.78 is 11.0. The fourth-order valence-electron chi connectivity index (χ4n) is 2.00. The van der Waals surface area contributed by atoms with Gasteiger partial charge in [0.2, 0.25) is 0 Å². The second-order valence-electron chi connectivity index (χ2n) is 4.40. The van der Waals surface area contributed by atoms with Gasteiger partial charge in [0.15, 0.2) is 0 Å². The normalized spacial score (nSPS) is 22.4. The van der Waals surface area contributed by atoms with Crippen LogP contribution in [0.25, 0.3) is 0 Å². The lowest BCUT2D eigenvalue weighted by Gasteiger charge is -2.32. The van der Waals surface area contributed by atoms with Gasteiger partial charge in [-0.25, -0.2) is 4.98 Å². The van der Waals surface area contributed by atoms with Gasteiger partial charge in [-0.05, 0) is 6.42 Å². The highest BCUT2D eigenvalue weighted by molar-refractivity contribution is 5.90. The maximum atomic E-state index is 11.1. The molecule has 1 aliphatic rings. The number of amides is 1. The molecular formula is C12H18N4O4. The van der Waals surface area contributed by atoms with Gasteiger partial charge in [-0.1, -0.05) is 0 Å². The van der Waals surface area contributed by atoms with E-state index in [4.69, 9.17) is 20.3 Å². The van der Waals surface area contributed by atoms with Crippen LogP contribution in [0.5, 0.6) is 0 Å². The number of primary amides is 1. The van der Waals surface area contributed by atoms with Crippen LogP contribution in [0.2, 0.25) is 0 Å². The molecule has 0 saturated carbocycles. The molecular weight excluding hydrogens is 264 g/mol.